The van der Waals surface area contributed by atoms with E-state index >= 15 is 0 Å². The Balaban J connectivity index is 1.88. The second-order valence-electron chi connectivity index (χ2n) is 6.76. The molecule has 0 bridgehead atoms. The van der Waals surface area contributed by atoms with E-state index in [0.29, 0.717) is 10.2 Å². The minimum atomic E-state index is 0.510. The first-order chi connectivity index (χ1) is 8.08. The van der Waals surface area contributed by atoms with E-state index in [1.807, 2.05) is 0 Å². The van der Waals surface area contributed by atoms with Crippen LogP contribution in [0.25, 0.3) is 0 Å². The van der Waals surface area contributed by atoms with Crippen molar-refractivity contribution in [2.45, 2.75) is 76.0 Å². The molecule has 0 aromatic rings. The van der Waals surface area contributed by atoms with E-state index in [1.54, 1.807) is 0 Å². The summed E-state index contributed by atoms with van der Waals surface area (Å²) in [5.74, 6) is 0. The average molecular weight is 255 g/mol. The number of hydrogen-bond acceptors (Lipinski definition) is 2. The largest absolute Gasteiger partial charge is 0.312 e. The van der Waals surface area contributed by atoms with Crippen molar-refractivity contribution in [3.05, 3.63) is 0 Å². The van der Waals surface area contributed by atoms with Gasteiger partial charge < -0.3 is 5.32 Å². The van der Waals surface area contributed by atoms with Crippen LogP contribution in [0, 0.1) is 5.41 Å². The molecule has 2 heteroatoms. The molecule has 0 aromatic heterocycles. The van der Waals surface area contributed by atoms with Crippen LogP contribution in [-0.4, -0.2) is 23.6 Å². The molecular weight excluding hydrogens is 226 g/mol. The van der Waals surface area contributed by atoms with Crippen LogP contribution in [0.5, 0.6) is 0 Å². The van der Waals surface area contributed by atoms with Crippen LogP contribution in [0.1, 0.15) is 65.2 Å². The number of thioether (sulfide) groups is 1. The van der Waals surface area contributed by atoms with E-state index < -0.39 is 0 Å². The van der Waals surface area contributed by atoms with Crippen molar-refractivity contribution in [3.8, 4) is 0 Å². The predicted octanol–water partition coefficient (Wildman–Crippen LogP) is 4.22. The van der Waals surface area contributed by atoms with Gasteiger partial charge in [-0.05, 0) is 37.4 Å². The third kappa shape index (κ3) is 3.20. The quantitative estimate of drug-likeness (QED) is 0.807. The number of nitrogens with one attached hydrogen (secondary N) is 1. The van der Waals surface area contributed by atoms with E-state index in [4.69, 9.17) is 0 Å². The van der Waals surface area contributed by atoms with Crippen molar-refractivity contribution < 1.29 is 0 Å². The maximum atomic E-state index is 3.92. The highest BCUT2D eigenvalue weighted by Gasteiger charge is 2.36. The van der Waals surface area contributed by atoms with Crippen molar-refractivity contribution in [2.75, 3.05) is 12.8 Å². The first-order valence-corrected chi connectivity index (χ1v) is 8.59. The monoisotopic (exact) mass is 255 g/mol. The second kappa shape index (κ2) is 5.52. The molecule has 0 amide bonds. The Bertz CT molecular complexity index is 243. The molecule has 1 atom stereocenters. The van der Waals surface area contributed by atoms with Crippen LogP contribution in [-0.2, 0) is 0 Å². The van der Waals surface area contributed by atoms with Gasteiger partial charge in [0, 0.05) is 17.3 Å². The molecule has 2 saturated carbocycles. The van der Waals surface area contributed by atoms with Crippen LogP contribution in [0.15, 0.2) is 0 Å². The van der Waals surface area contributed by atoms with Crippen LogP contribution < -0.4 is 5.32 Å². The summed E-state index contributed by atoms with van der Waals surface area (Å²) < 4.78 is 0.563. The van der Waals surface area contributed by atoms with Gasteiger partial charge in [-0.25, -0.2) is 0 Å². The first kappa shape index (κ1) is 13.7. The van der Waals surface area contributed by atoms with Gasteiger partial charge in [-0.3, -0.25) is 0 Å². The van der Waals surface area contributed by atoms with Crippen LogP contribution in [0.4, 0.5) is 0 Å². The Morgan fingerprint density at radius 3 is 2.29 bits per heavy atom. The molecule has 2 fully saturated rings. The summed E-state index contributed by atoms with van der Waals surface area (Å²) in [6.45, 7) is 6.14. The molecule has 0 radical (unpaired) electrons. The van der Waals surface area contributed by atoms with E-state index in [1.165, 1.54) is 57.9 Å². The van der Waals surface area contributed by atoms with Crippen molar-refractivity contribution in [1.29, 1.82) is 0 Å². The molecule has 2 aliphatic carbocycles. The SMILES string of the molecule is CSC1(CNC2CCCCC2(C)C)CCCC1. The average Bonchev–Trinajstić information content (AvgIpc) is 2.76. The van der Waals surface area contributed by atoms with Crippen LogP contribution >= 0.6 is 11.8 Å². The third-order valence-electron chi connectivity index (χ3n) is 5.13. The van der Waals surface area contributed by atoms with Crippen molar-refractivity contribution in [3.63, 3.8) is 0 Å². The Labute approximate surface area is 112 Å². The molecule has 2 rings (SSSR count). The number of rotatable bonds is 4. The zero-order chi connectivity index (χ0) is 12.4. The Hall–Kier alpha value is 0.310. The lowest BCUT2D eigenvalue weighted by atomic mass is 9.73. The minimum absolute atomic E-state index is 0.510. The molecule has 1 nitrogen and oxygen atoms in total. The lowest BCUT2D eigenvalue weighted by Gasteiger charge is -2.41. The summed E-state index contributed by atoms with van der Waals surface area (Å²) >= 11 is 2.11. The zero-order valence-electron chi connectivity index (χ0n) is 11.8. The van der Waals surface area contributed by atoms with Crippen molar-refractivity contribution in [1.82, 2.24) is 5.32 Å². The van der Waals surface area contributed by atoms with E-state index in [0.717, 1.165) is 6.04 Å². The maximum Gasteiger partial charge on any atom is 0.0281 e. The number of hydrogen-bond donors (Lipinski definition) is 1. The molecule has 0 spiro atoms. The molecule has 17 heavy (non-hydrogen) atoms. The summed E-state index contributed by atoms with van der Waals surface area (Å²) in [6.07, 6.45) is 13.7. The lowest BCUT2D eigenvalue weighted by Crippen LogP contribution is -2.48. The highest BCUT2D eigenvalue weighted by Crippen LogP contribution is 2.41. The Morgan fingerprint density at radius 1 is 1.06 bits per heavy atom. The van der Waals surface area contributed by atoms with Gasteiger partial charge in [0.25, 0.3) is 0 Å². The van der Waals surface area contributed by atoms with Gasteiger partial charge in [-0.2, -0.15) is 11.8 Å². The molecule has 1 N–H and O–H groups in total. The van der Waals surface area contributed by atoms with Gasteiger partial charge in [-0.1, -0.05) is 39.5 Å². The molecule has 2 aliphatic rings. The zero-order valence-corrected chi connectivity index (χ0v) is 12.7. The van der Waals surface area contributed by atoms with Crippen LogP contribution in [0.3, 0.4) is 0 Å². The molecule has 0 aromatic carbocycles. The molecule has 0 aliphatic heterocycles. The highest BCUT2D eigenvalue weighted by atomic mass is 32.2. The van der Waals surface area contributed by atoms with Gasteiger partial charge in [0.1, 0.15) is 0 Å². The molecule has 100 valence electrons. The van der Waals surface area contributed by atoms with Gasteiger partial charge in [0.2, 0.25) is 0 Å². The van der Waals surface area contributed by atoms with Gasteiger partial charge in [0.05, 0.1) is 0 Å². The van der Waals surface area contributed by atoms with E-state index in [2.05, 4.69) is 37.2 Å². The third-order valence-corrected chi connectivity index (χ3v) is 6.54. The Kier molecular flexibility index (Phi) is 4.46. The fraction of sp³-hybridized carbons (Fsp3) is 1.00. The van der Waals surface area contributed by atoms with E-state index in [-0.39, 0.29) is 0 Å². The minimum Gasteiger partial charge on any atom is -0.312 e. The fourth-order valence-electron chi connectivity index (χ4n) is 3.65. The van der Waals surface area contributed by atoms with E-state index in [9.17, 15) is 0 Å². The standard InChI is InChI=1S/C15H29NS/c1-14(2)9-5-4-8-13(14)16-12-15(17-3)10-6-7-11-15/h13,16H,4-12H2,1-3H3. The lowest BCUT2D eigenvalue weighted by molar-refractivity contribution is 0.165. The predicted molar refractivity (Wildman–Crippen MR) is 78.8 cm³/mol. The molecule has 0 heterocycles. The van der Waals surface area contributed by atoms with Crippen LogP contribution in [0.2, 0.25) is 0 Å². The topological polar surface area (TPSA) is 12.0 Å². The smallest absolute Gasteiger partial charge is 0.0281 e. The fourth-order valence-corrected chi connectivity index (χ4v) is 4.58. The molecular formula is C15H29NS. The van der Waals surface area contributed by atoms with Gasteiger partial charge in [0.15, 0.2) is 0 Å². The molecule has 1 unspecified atom stereocenters. The maximum absolute atomic E-state index is 3.92. The first-order valence-electron chi connectivity index (χ1n) is 7.37. The van der Waals surface area contributed by atoms with Gasteiger partial charge in [-0.15, -0.1) is 0 Å². The highest BCUT2D eigenvalue weighted by molar-refractivity contribution is 8.00. The van der Waals surface area contributed by atoms with Crippen molar-refractivity contribution in [2.24, 2.45) is 5.41 Å². The van der Waals surface area contributed by atoms with Crippen molar-refractivity contribution >= 4 is 11.8 Å². The molecule has 0 saturated heterocycles. The normalized spacial score (nSPS) is 31.6. The summed E-state index contributed by atoms with van der Waals surface area (Å²) in [5, 5.41) is 3.92. The van der Waals surface area contributed by atoms with Gasteiger partial charge >= 0.3 is 0 Å². The summed E-state index contributed by atoms with van der Waals surface area (Å²) in [6, 6.07) is 0.751. The Morgan fingerprint density at radius 2 is 1.71 bits per heavy atom. The second-order valence-corrected chi connectivity index (χ2v) is 8.04. The summed E-state index contributed by atoms with van der Waals surface area (Å²) in [4.78, 5) is 0. The summed E-state index contributed by atoms with van der Waals surface area (Å²) in [7, 11) is 0. The summed E-state index contributed by atoms with van der Waals surface area (Å²) in [5.41, 5.74) is 0.510.